The SMILES string of the molecule is C[C@H]1[C@@H](OCc2ccccc2)CC[C@@H](CCO)N1C(=O)OCc1ccccc1. The van der Waals surface area contributed by atoms with Crippen molar-refractivity contribution in [2.45, 2.75) is 57.6 Å². The second-order valence-corrected chi connectivity index (χ2v) is 7.27. The van der Waals surface area contributed by atoms with Crippen LogP contribution in [0.1, 0.15) is 37.3 Å². The number of carbonyl (C=O) groups is 1. The molecule has 5 nitrogen and oxygen atoms in total. The Balaban J connectivity index is 1.63. The van der Waals surface area contributed by atoms with Gasteiger partial charge in [0.2, 0.25) is 0 Å². The lowest BCUT2D eigenvalue weighted by Crippen LogP contribution is -2.55. The highest BCUT2D eigenvalue weighted by Gasteiger charge is 2.38. The van der Waals surface area contributed by atoms with Gasteiger partial charge in [0, 0.05) is 12.6 Å². The lowest BCUT2D eigenvalue weighted by molar-refractivity contribution is -0.0635. The van der Waals surface area contributed by atoms with E-state index in [9.17, 15) is 9.90 Å². The quantitative estimate of drug-likeness (QED) is 0.781. The van der Waals surface area contributed by atoms with Crippen molar-refractivity contribution in [2.75, 3.05) is 6.61 Å². The Kier molecular flexibility index (Phi) is 7.46. The highest BCUT2D eigenvalue weighted by Crippen LogP contribution is 2.29. The Morgan fingerprint density at radius 1 is 1.00 bits per heavy atom. The van der Waals surface area contributed by atoms with Crippen molar-refractivity contribution in [1.29, 1.82) is 0 Å². The number of rotatable bonds is 7. The van der Waals surface area contributed by atoms with E-state index >= 15 is 0 Å². The zero-order valence-corrected chi connectivity index (χ0v) is 16.4. The van der Waals surface area contributed by atoms with Gasteiger partial charge in [0.15, 0.2) is 0 Å². The van der Waals surface area contributed by atoms with Crippen LogP contribution in [0, 0.1) is 0 Å². The van der Waals surface area contributed by atoms with E-state index in [2.05, 4.69) is 0 Å². The molecule has 0 aliphatic carbocycles. The molecule has 3 rings (SSSR count). The molecule has 1 heterocycles. The van der Waals surface area contributed by atoms with Gasteiger partial charge >= 0.3 is 6.09 Å². The van der Waals surface area contributed by atoms with Gasteiger partial charge in [-0.3, -0.25) is 4.90 Å². The summed E-state index contributed by atoms with van der Waals surface area (Å²) < 4.78 is 11.7. The minimum Gasteiger partial charge on any atom is -0.445 e. The maximum absolute atomic E-state index is 12.9. The molecule has 2 aromatic rings. The van der Waals surface area contributed by atoms with Crippen LogP contribution in [-0.2, 0) is 22.7 Å². The number of benzene rings is 2. The summed E-state index contributed by atoms with van der Waals surface area (Å²) in [7, 11) is 0. The van der Waals surface area contributed by atoms with Crippen LogP contribution in [-0.4, -0.2) is 40.9 Å². The summed E-state index contributed by atoms with van der Waals surface area (Å²) in [4.78, 5) is 14.6. The van der Waals surface area contributed by atoms with Crippen LogP contribution in [0.4, 0.5) is 4.79 Å². The third kappa shape index (κ3) is 5.33. The number of aliphatic hydroxyl groups excluding tert-OH is 1. The zero-order valence-electron chi connectivity index (χ0n) is 16.4. The summed E-state index contributed by atoms with van der Waals surface area (Å²) in [6, 6.07) is 19.6. The molecule has 5 heteroatoms. The number of hydrogen-bond acceptors (Lipinski definition) is 4. The smallest absolute Gasteiger partial charge is 0.410 e. The van der Waals surface area contributed by atoms with Crippen molar-refractivity contribution >= 4 is 6.09 Å². The number of ether oxygens (including phenoxy) is 2. The minimum absolute atomic E-state index is 0.0279. The molecular weight excluding hydrogens is 354 g/mol. The summed E-state index contributed by atoms with van der Waals surface area (Å²) in [6.45, 7) is 2.82. The molecule has 1 amide bonds. The second kappa shape index (κ2) is 10.2. The maximum Gasteiger partial charge on any atom is 0.410 e. The van der Waals surface area contributed by atoms with Crippen molar-refractivity contribution < 1.29 is 19.4 Å². The number of piperidine rings is 1. The van der Waals surface area contributed by atoms with Gasteiger partial charge in [0.1, 0.15) is 6.61 Å². The lowest BCUT2D eigenvalue weighted by Gasteiger charge is -2.44. The molecule has 0 radical (unpaired) electrons. The highest BCUT2D eigenvalue weighted by atomic mass is 16.6. The molecule has 0 saturated carbocycles. The summed E-state index contributed by atoms with van der Waals surface area (Å²) in [5, 5.41) is 9.42. The molecule has 0 bridgehead atoms. The Labute approximate surface area is 166 Å². The molecule has 0 spiro atoms. The van der Waals surface area contributed by atoms with Crippen LogP contribution in [0.2, 0.25) is 0 Å². The average Bonchev–Trinajstić information content (AvgIpc) is 2.73. The molecule has 1 saturated heterocycles. The number of likely N-dealkylation sites (tertiary alicyclic amines) is 1. The standard InChI is InChI=1S/C23H29NO4/c1-18-22(27-16-19-8-4-2-5-9-19)13-12-21(14-15-25)24(18)23(26)28-17-20-10-6-3-7-11-20/h2-11,18,21-22,25H,12-17H2,1H3/t18-,21-,22-/m0/s1. The molecule has 150 valence electrons. The number of hydrogen-bond donors (Lipinski definition) is 1. The van der Waals surface area contributed by atoms with Crippen LogP contribution < -0.4 is 0 Å². The van der Waals surface area contributed by atoms with Gasteiger partial charge < -0.3 is 14.6 Å². The molecule has 3 atom stereocenters. The van der Waals surface area contributed by atoms with Gasteiger partial charge in [-0.2, -0.15) is 0 Å². The summed E-state index contributed by atoms with van der Waals surface area (Å²) in [5.74, 6) is 0. The molecule has 28 heavy (non-hydrogen) atoms. The molecule has 1 fully saturated rings. The van der Waals surface area contributed by atoms with E-state index in [1.807, 2.05) is 67.6 Å². The topological polar surface area (TPSA) is 59.0 Å². The minimum atomic E-state index is -0.345. The predicted molar refractivity (Wildman–Crippen MR) is 108 cm³/mol. The van der Waals surface area contributed by atoms with E-state index in [-0.39, 0.29) is 37.5 Å². The molecule has 1 aliphatic heterocycles. The fourth-order valence-electron chi connectivity index (χ4n) is 3.79. The van der Waals surface area contributed by atoms with Gasteiger partial charge in [-0.15, -0.1) is 0 Å². The number of nitrogens with zero attached hydrogens (tertiary/aromatic N) is 1. The normalized spacial score (nSPS) is 22.1. The lowest BCUT2D eigenvalue weighted by atomic mass is 9.92. The molecule has 1 aliphatic rings. The zero-order chi connectivity index (χ0) is 19.8. The van der Waals surface area contributed by atoms with Crippen molar-refractivity contribution in [3.63, 3.8) is 0 Å². The molecular formula is C23H29NO4. The Morgan fingerprint density at radius 3 is 2.21 bits per heavy atom. The second-order valence-electron chi connectivity index (χ2n) is 7.27. The van der Waals surface area contributed by atoms with E-state index in [0.717, 1.165) is 24.0 Å². The van der Waals surface area contributed by atoms with E-state index in [1.165, 1.54) is 0 Å². The first-order valence-corrected chi connectivity index (χ1v) is 9.94. The largest absolute Gasteiger partial charge is 0.445 e. The fraction of sp³-hybridized carbons (Fsp3) is 0.435. The van der Waals surface area contributed by atoms with Crippen LogP contribution in [0.5, 0.6) is 0 Å². The molecule has 0 aromatic heterocycles. The third-order valence-corrected chi connectivity index (χ3v) is 5.34. The monoisotopic (exact) mass is 383 g/mol. The summed E-state index contributed by atoms with van der Waals surface area (Å²) in [5.41, 5.74) is 2.07. The molecule has 1 N–H and O–H groups in total. The third-order valence-electron chi connectivity index (χ3n) is 5.34. The Morgan fingerprint density at radius 2 is 1.61 bits per heavy atom. The van der Waals surface area contributed by atoms with Gasteiger partial charge in [0.25, 0.3) is 0 Å². The van der Waals surface area contributed by atoms with Gasteiger partial charge in [-0.05, 0) is 37.3 Å². The average molecular weight is 383 g/mol. The van der Waals surface area contributed by atoms with Crippen LogP contribution in [0.15, 0.2) is 60.7 Å². The Hall–Kier alpha value is -2.37. The summed E-state index contributed by atoms with van der Waals surface area (Å²) in [6.07, 6.45) is 1.81. The number of carbonyl (C=O) groups excluding carboxylic acids is 1. The van der Waals surface area contributed by atoms with E-state index in [1.54, 1.807) is 4.90 Å². The van der Waals surface area contributed by atoms with Crippen molar-refractivity contribution in [3.8, 4) is 0 Å². The van der Waals surface area contributed by atoms with Crippen LogP contribution in [0.3, 0.4) is 0 Å². The van der Waals surface area contributed by atoms with E-state index in [4.69, 9.17) is 9.47 Å². The van der Waals surface area contributed by atoms with Gasteiger partial charge in [0.05, 0.1) is 18.8 Å². The Bertz CT molecular complexity index is 722. The first kappa shape index (κ1) is 20.4. The molecule has 0 unspecified atom stereocenters. The van der Waals surface area contributed by atoms with Gasteiger partial charge in [-0.1, -0.05) is 60.7 Å². The predicted octanol–water partition coefficient (Wildman–Crippen LogP) is 4.14. The first-order valence-electron chi connectivity index (χ1n) is 9.94. The highest BCUT2D eigenvalue weighted by molar-refractivity contribution is 5.68. The first-order chi connectivity index (χ1) is 13.7. The van der Waals surface area contributed by atoms with E-state index in [0.29, 0.717) is 13.0 Å². The van der Waals surface area contributed by atoms with Crippen molar-refractivity contribution in [1.82, 2.24) is 4.90 Å². The van der Waals surface area contributed by atoms with Crippen LogP contribution >= 0.6 is 0 Å². The molecule has 2 aromatic carbocycles. The van der Waals surface area contributed by atoms with Crippen molar-refractivity contribution in [3.05, 3.63) is 71.8 Å². The summed E-state index contributed by atoms with van der Waals surface area (Å²) >= 11 is 0. The fourth-order valence-corrected chi connectivity index (χ4v) is 3.79. The van der Waals surface area contributed by atoms with Crippen LogP contribution in [0.25, 0.3) is 0 Å². The van der Waals surface area contributed by atoms with Crippen molar-refractivity contribution in [2.24, 2.45) is 0 Å². The maximum atomic E-state index is 12.9. The van der Waals surface area contributed by atoms with Gasteiger partial charge in [-0.25, -0.2) is 4.79 Å². The number of aliphatic hydroxyl groups is 1. The van der Waals surface area contributed by atoms with E-state index < -0.39 is 0 Å². The number of amides is 1.